The van der Waals surface area contributed by atoms with E-state index in [4.69, 9.17) is 23.2 Å². The molecule has 1 amide bonds. The van der Waals surface area contributed by atoms with Gasteiger partial charge in [0.2, 0.25) is 5.91 Å². The maximum atomic E-state index is 13.4. The van der Waals surface area contributed by atoms with Gasteiger partial charge in [0, 0.05) is 16.0 Å². The van der Waals surface area contributed by atoms with Gasteiger partial charge in [0.1, 0.15) is 0 Å². The van der Waals surface area contributed by atoms with Crippen molar-refractivity contribution in [2.24, 2.45) is 11.3 Å². The van der Waals surface area contributed by atoms with Crippen molar-refractivity contribution in [2.45, 2.75) is 50.7 Å². The van der Waals surface area contributed by atoms with Crippen LogP contribution in [0.3, 0.4) is 0 Å². The Morgan fingerprint density at radius 3 is 2.44 bits per heavy atom. The average molecular weight is 476 g/mol. The van der Waals surface area contributed by atoms with Gasteiger partial charge in [0.25, 0.3) is 0 Å². The lowest BCUT2D eigenvalue weighted by Crippen LogP contribution is -2.47. The summed E-state index contributed by atoms with van der Waals surface area (Å²) in [5.74, 6) is -0.196. The zero-order valence-corrected chi connectivity index (χ0v) is 19.8. The zero-order valence-electron chi connectivity index (χ0n) is 18.3. The van der Waals surface area contributed by atoms with Gasteiger partial charge in [0.15, 0.2) is 0 Å². The number of allylic oxidation sites excluding steroid dienone is 1. The molecule has 32 heavy (non-hydrogen) atoms. The maximum Gasteiger partial charge on any atom is 0.226 e. The third-order valence-corrected chi connectivity index (χ3v) is 6.87. The number of carbonyl (C=O) groups is 1. The SMILES string of the molecule is C=CCC(C)(C[C@H](c1cccc(Cl)c1)[C@@H](O)c1ccc(Cl)cc1)C(=O)N[C@H](CO)C1CC1. The number of halogens is 2. The molecular formula is C26H31Cl2NO3. The lowest BCUT2D eigenvalue weighted by molar-refractivity contribution is -0.132. The molecule has 1 aliphatic carbocycles. The molecule has 0 spiro atoms. The lowest BCUT2D eigenvalue weighted by Gasteiger charge is -2.35. The van der Waals surface area contributed by atoms with Crippen LogP contribution in [0.15, 0.2) is 61.2 Å². The Kier molecular flexibility index (Phi) is 8.40. The molecule has 0 bridgehead atoms. The van der Waals surface area contributed by atoms with Crippen LogP contribution in [0, 0.1) is 11.3 Å². The second-order valence-corrected chi connectivity index (χ2v) is 9.89. The standard InChI is InChI=1S/C26H31Cl2NO3/c1-3-13-26(2,25(32)29-23(16-30)17-7-8-17)15-22(19-5-4-6-21(28)14-19)24(31)18-9-11-20(27)12-10-18/h3-6,9-12,14,17,22-24,30-31H,1,7-8,13,15-16H2,2H3,(H,29,32)/t22-,23-,24+,26?/m1/s1. The first kappa shape index (κ1) is 24.8. The topological polar surface area (TPSA) is 69.6 Å². The van der Waals surface area contributed by atoms with Crippen LogP contribution < -0.4 is 5.32 Å². The van der Waals surface area contributed by atoms with Crippen LogP contribution in [0.4, 0.5) is 0 Å². The molecule has 0 aliphatic heterocycles. The van der Waals surface area contributed by atoms with E-state index in [1.807, 2.05) is 25.1 Å². The third-order valence-electron chi connectivity index (χ3n) is 6.39. The first-order valence-corrected chi connectivity index (χ1v) is 11.7. The van der Waals surface area contributed by atoms with Gasteiger partial charge in [0.05, 0.1) is 24.2 Å². The molecule has 0 radical (unpaired) electrons. The molecule has 3 N–H and O–H groups in total. The van der Waals surface area contributed by atoms with Gasteiger partial charge in [-0.05, 0) is 67.0 Å². The normalized spacial score (nSPS) is 18.3. The summed E-state index contributed by atoms with van der Waals surface area (Å²) in [5, 5.41) is 25.3. The maximum absolute atomic E-state index is 13.4. The van der Waals surface area contributed by atoms with Crippen molar-refractivity contribution in [2.75, 3.05) is 6.61 Å². The van der Waals surface area contributed by atoms with E-state index in [0.717, 1.165) is 18.4 Å². The zero-order chi connectivity index (χ0) is 23.3. The monoisotopic (exact) mass is 475 g/mol. The van der Waals surface area contributed by atoms with Crippen molar-refractivity contribution in [3.63, 3.8) is 0 Å². The van der Waals surface area contributed by atoms with Gasteiger partial charge in [-0.1, -0.05) is 60.5 Å². The minimum atomic E-state index is -0.861. The number of hydrogen-bond donors (Lipinski definition) is 3. The molecule has 3 rings (SSSR count). The molecule has 1 aliphatic rings. The minimum absolute atomic E-state index is 0.0777. The van der Waals surface area contributed by atoms with E-state index in [1.54, 1.807) is 36.4 Å². The highest BCUT2D eigenvalue weighted by molar-refractivity contribution is 6.30. The summed E-state index contributed by atoms with van der Waals surface area (Å²) < 4.78 is 0. The van der Waals surface area contributed by atoms with Gasteiger partial charge in [-0.3, -0.25) is 4.79 Å². The fourth-order valence-electron chi connectivity index (χ4n) is 4.27. The molecule has 2 aromatic carbocycles. The number of hydrogen-bond acceptors (Lipinski definition) is 3. The van der Waals surface area contributed by atoms with Gasteiger partial charge in [-0.15, -0.1) is 6.58 Å². The third kappa shape index (κ3) is 6.14. The van der Waals surface area contributed by atoms with Crippen LogP contribution in [0.5, 0.6) is 0 Å². The van der Waals surface area contributed by atoms with Crippen LogP contribution in [0.2, 0.25) is 10.0 Å². The molecule has 2 aromatic rings. The second kappa shape index (κ2) is 10.8. The molecule has 4 nitrogen and oxygen atoms in total. The van der Waals surface area contributed by atoms with Crippen LogP contribution in [0.25, 0.3) is 0 Å². The van der Waals surface area contributed by atoms with Crippen molar-refractivity contribution in [3.05, 3.63) is 82.4 Å². The van der Waals surface area contributed by atoms with E-state index >= 15 is 0 Å². The summed E-state index contributed by atoms with van der Waals surface area (Å²) >= 11 is 12.3. The molecular weight excluding hydrogens is 445 g/mol. The van der Waals surface area contributed by atoms with Gasteiger partial charge < -0.3 is 15.5 Å². The fourth-order valence-corrected chi connectivity index (χ4v) is 4.59. The Hall–Kier alpha value is -1.85. The number of benzene rings is 2. The Bertz CT molecular complexity index is 929. The predicted molar refractivity (Wildman–Crippen MR) is 130 cm³/mol. The Labute approximate surface area is 200 Å². The largest absolute Gasteiger partial charge is 0.394 e. The summed E-state index contributed by atoms with van der Waals surface area (Å²) in [6.45, 7) is 5.66. The minimum Gasteiger partial charge on any atom is -0.394 e. The summed E-state index contributed by atoms with van der Waals surface area (Å²) in [6.07, 6.45) is 3.71. The van der Waals surface area contributed by atoms with Crippen LogP contribution in [-0.2, 0) is 4.79 Å². The average Bonchev–Trinajstić information content (AvgIpc) is 3.61. The Morgan fingerprint density at radius 2 is 1.88 bits per heavy atom. The number of aliphatic hydroxyl groups excluding tert-OH is 2. The molecule has 1 unspecified atom stereocenters. The smallest absolute Gasteiger partial charge is 0.226 e. The van der Waals surface area contributed by atoms with Gasteiger partial charge >= 0.3 is 0 Å². The Morgan fingerprint density at radius 1 is 1.19 bits per heavy atom. The van der Waals surface area contributed by atoms with Crippen molar-refractivity contribution in [3.8, 4) is 0 Å². The fraction of sp³-hybridized carbons (Fsp3) is 0.423. The van der Waals surface area contributed by atoms with E-state index in [-0.39, 0.29) is 24.5 Å². The van der Waals surface area contributed by atoms with Crippen LogP contribution in [0.1, 0.15) is 55.8 Å². The molecule has 4 atom stereocenters. The van der Waals surface area contributed by atoms with E-state index in [9.17, 15) is 15.0 Å². The second-order valence-electron chi connectivity index (χ2n) is 9.02. The summed E-state index contributed by atoms with van der Waals surface area (Å²) in [7, 11) is 0. The predicted octanol–water partition coefficient (Wildman–Crippen LogP) is 5.67. The van der Waals surface area contributed by atoms with E-state index < -0.39 is 11.5 Å². The Balaban J connectivity index is 1.93. The summed E-state index contributed by atoms with van der Waals surface area (Å²) in [6, 6.07) is 14.2. The number of carbonyl (C=O) groups excluding carboxylic acids is 1. The number of nitrogens with one attached hydrogen (secondary N) is 1. The quantitative estimate of drug-likeness (QED) is 0.366. The number of rotatable bonds is 11. The molecule has 0 heterocycles. The summed E-state index contributed by atoms with van der Waals surface area (Å²) in [5.41, 5.74) is 0.737. The van der Waals surface area contributed by atoms with E-state index in [1.165, 1.54) is 0 Å². The van der Waals surface area contributed by atoms with Crippen LogP contribution >= 0.6 is 23.2 Å². The molecule has 0 aromatic heterocycles. The highest BCUT2D eigenvalue weighted by Crippen LogP contribution is 2.43. The van der Waals surface area contributed by atoms with E-state index in [0.29, 0.717) is 34.4 Å². The molecule has 6 heteroatoms. The van der Waals surface area contributed by atoms with Gasteiger partial charge in [-0.25, -0.2) is 0 Å². The van der Waals surface area contributed by atoms with Crippen molar-refractivity contribution < 1.29 is 15.0 Å². The van der Waals surface area contributed by atoms with Crippen molar-refractivity contribution >= 4 is 29.1 Å². The first-order valence-electron chi connectivity index (χ1n) is 11.0. The van der Waals surface area contributed by atoms with E-state index in [2.05, 4.69) is 11.9 Å². The highest BCUT2D eigenvalue weighted by Gasteiger charge is 2.40. The highest BCUT2D eigenvalue weighted by atomic mass is 35.5. The molecule has 0 saturated heterocycles. The molecule has 172 valence electrons. The number of amides is 1. The van der Waals surface area contributed by atoms with Crippen molar-refractivity contribution in [1.82, 2.24) is 5.32 Å². The molecule has 1 saturated carbocycles. The first-order chi connectivity index (χ1) is 15.3. The lowest BCUT2D eigenvalue weighted by atomic mass is 9.72. The van der Waals surface area contributed by atoms with Gasteiger partial charge in [-0.2, -0.15) is 0 Å². The summed E-state index contributed by atoms with van der Waals surface area (Å²) in [4.78, 5) is 13.4. The number of aliphatic hydroxyl groups is 2. The van der Waals surface area contributed by atoms with Crippen molar-refractivity contribution in [1.29, 1.82) is 0 Å². The molecule has 1 fully saturated rings. The van der Waals surface area contributed by atoms with Crippen LogP contribution in [-0.4, -0.2) is 28.8 Å².